The lowest BCUT2D eigenvalue weighted by atomic mass is 10.0. The highest BCUT2D eigenvalue weighted by molar-refractivity contribution is 6.31. The van der Waals surface area contributed by atoms with Gasteiger partial charge < -0.3 is 15.4 Å². The number of carbonyl (C=O) groups excluding carboxylic acids is 2. The van der Waals surface area contributed by atoms with E-state index in [2.05, 4.69) is 20.4 Å². The molecule has 0 spiro atoms. The summed E-state index contributed by atoms with van der Waals surface area (Å²) in [7, 11) is 0. The van der Waals surface area contributed by atoms with Gasteiger partial charge in [0.15, 0.2) is 0 Å². The first-order chi connectivity index (χ1) is 18.0. The van der Waals surface area contributed by atoms with Gasteiger partial charge in [-0.3, -0.25) is 19.6 Å². The quantitative estimate of drug-likeness (QED) is 0.224. The fourth-order valence-corrected chi connectivity index (χ4v) is 4.46. The number of pyridine rings is 2. The minimum Gasteiger partial charge on any atom is -0.410 e. The summed E-state index contributed by atoms with van der Waals surface area (Å²) in [5.41, 5.74) is 3.76. The third kappa shape index (κ3) is 5.19. The Hall–Kier alpha value is -4.56. The molecule has 1 aliphatic rings. The maximum Gasteiger partial charge on any atom is 0.256 e. The summed E-state index contributed by atoms with van der Waals surface area (Å²) >= 11 is 6.14. The van der Waals surface area contributed by atoms with Crippen molar-refractivity contribution in [2.75, 3.05) is 5.32 Å². The van der Waals surface area contributed by atoms with Gasteiger partial charge in [0.25, 0.3) is 5.91 Å². The monoisotopic (exact) mass is 511 g/mol. The first kappa shape index (κ1) is 24.1. The Balaban J connectivity index is 1.47. The van der Waals surface area contributed by atoms with Crippen LogP contribution in [0.5, 0.6) is 0 Å². The summed E-state index contributed by atoms with van der Waals surface area (Å²) < 4.78 is 0. The molecule has 0 radical (unpaired) electrons. The van der Waals surface area contributed by atoms with E-state index in [4.69, 9.17) is 11.6 Å². The molecule has 1 aliphatic heterocycles. The van der Waals surface area contributed by atoms with Crippen LogP contribution >= 0.6 is 11.6 Å². The number of aromatic nitrogens is 2. The van der Waals surface area contributed by atoms with Gasteiger partial charge in [0.05, 0.1) is 16.9 Å². The van der Waals surface area contributed by atoms with Crippen LogP contribution in [-0.4, -0.2) is 43.6 Å². The molecular formula is C28H22ClN5O3. The predicted octanol–water partition coefficient (Wildman–Crippen LogP) is 4.56. The lowest BCUT2D eigenvalue weighted by Gasteiger charge is -2.29. The van der Waals surface area contributed by atoms with Crippen LogP contribution in [0.2, 0.25) is 5.02 Å². The van der Waals surface area contributed by atoms with Crippen LogP contribution in [0.1, 0.15) is 32.9 Å². The van der Waals surface area contributed by atoms with Crippen molar-refractivity contribution in [2.45, 2.75) is 19.0 Å². The van der Waals surface area contributed by atoms with Gasteiger partial charge in [0, 0.05) is 41.6 Å². The zero-order valence-corrected chi connectivity index (χ0v) is 20.3. The summed E-state index contributed by atoms with van der Waals surface area (Å²) in [5, 5.41) is 16.3. The maximum atomic E-state index is 13.7. The van der Waals surface area contributed by atoms with Gasteiger partial charge >= 0.3 is 0 Å². The minimum atomic E-state index is -0.795. The highest BCUT2D eigenvalue weighted by Crippen LogP contribution is 2.28. The van der Waals surface area contributed by atoms with Crippen LogP contribution in [0, 0.1) is 0 Å². The Morgan fingerprint density at radius 2 is 1.73 bits per heavy atom. The summed E-state index contributed by atoms with van der Waals surface area (Å²) in [6.07, 6.45) is 3.53. The molecule has 0 saturated carbocycles. The Morgan fingerprint density at radius 3 is 2.41 bits per heavy atom. The molecule has 3 heterocycles. The first-order valence-corrected chi connectivity index (χ1v) is 12.0. The molecule has 0 fully saturated rings. The Bertz CT molecular complexity index is 1460. The highest BCUT2D eigenvalue weighted by Gasteiger charge is 2.36. The van der Waals surface area contributed by atoms with E-state index in [-0.39, 0.29) is 24.8 Å². The number of hydrogen-bond donors (Lipinski definition) is 2. The second kappa shape index (κ2) is 10.6. The van der Waals surface area contributed by atoms with Crippen molar-refractivity contribution in [2.24, 2.45) is 5.16 Å². The molecule has 184 valence electrons. The number of nitrogens with zero attached hydrogens (tertiary/aromatic N) is 4. The summed E-state index contributed by atoms with van der Waals surface area (Å²) in [6.45, 7) is 0.182. The van der Waals surface area contributed by atoms with Crippen molar-refractivity contribution in [3.63, 3.8) is 0 Å². The van der Waals surface area contributed by atoms with E-state index >= 15 is 0 Å². The van der Waals surface area contributed by atoms with Crippen molar-refractivity contribution in [1.29, 1.82) is 0 Å². The smallest absolute Gasteiger partial charge is 0.256 e. The van der Waals surface area contributed by atoms with Crippen LogP contribution in [0.15, 0.2) is 96.4 Å². The molecule has 2 aromatic carbocycles. The lowest BCUT2D eigenvalue weighted by Crippen LogP contribution is -2.46. The Labute approximate surface area is 218 Å². The topological polar surface area (TPSA) is 108 Å². The van der Waals surface area contributed by atoms with E-state index < -0.39 is 6.04 Å². The number of hydrogen-bond acceptors (Lipinski definition) is 6. The zero-order chi connectivity index (χ0) is 25.8. The normalized spacial score (nSPS) is 15.6. The number of amides is 2. The molecule has 0 aliphatic carbocycles. The Morgan fingerprint density at radius 1 is 0.973 bits per heavy atom. The van der Waals surface area contributed by atoms with Gasteiger partial charge in [0.1, 0.15) is 11.8 Å². The maximum absolute atomic E-state index is 13.7. The Kier molecular flexibility index (Phi) is 6.91. The largest absolute Gasteiger partial charge is 0.410 e. The summed E-state index contributed by atoms with van der Waals surface area (Å²) in [4.78, 5) is 37.2. The van der Waals surface area contributed by atoms with Crippen LogP contribution < -0.4 is 5.32 Å². The van der Waals surface area contributed by atoms with Crippen molar-refractivity contribution >= 4 is 34.8 Å². The molecule has 0 bridgehead atoms. The van der Waals surface area contributed by atoms with E-state index in [9.17, 15) is 14.8 Å². The van der Waals surface area contributed by atoms with Crippen molar-refractivity contribution in [3.8, 4) is 0 Å². The number of anilines is 1. The fraction of sp³-hybridized carbons (Fsp3) is 0.107. The van der Waals surface area contributed by atoms with Crippen LogP contribution in [0.3, 0.4) is 0 Å². The number of benzene rings is 2. The van der Waals surface area contributed by atoms with Crippen molar-refractivity contribution in [1.82, 2.24) is 14.9 Å². The van der Waals surface area contributed by atoms with Gasteiger partial charge in [-0.15, -0.1) is 0 Å². The fourth-order valence-electron chi connectivity index (χ4n) is 4.29. The molecule has 2 aromatic heterocycles. The van der Waals surface area contributed by atoms with Crippen molar-refractivity contribution in [3.05, 3.63) is 124 Å². The average molecular weight is 512 g/mol. The van der Waals surface area contributed by atoms with E-state index in [0.29, 0.717) is 38.9 Å². The van der Waals surface area contributed by atoms with Gasteiger partial charge in [-0.1, -0.05) is 53.2 Å². The van der Waals surface area contributed by atoms with E-state index in [1.165, 1.54) is 0 Å². The summed E-state index contributed by atoms with van der Waals surface area (Å²) in [6, 6.07) is 22.1. The number of halogens is 1. The SMILES string of the molecule is O=C1Nc2cc(Cl)ccc2C(=O)N(Cc2ccc(/C(=N/O)c3ccccn3)cc2)C1Cc1ccccn1. The first-order valence-electron chi connectivity index (χ1n) is 11.6. The standard InChI is InChI=1S/C28H22ClN5O3/c29-20-11-12-22-24(15-20)32-27(35)25(16-21-5-1-3-13-30-21)34(28(22)36)17-18-7-9-19(10-8-18)26(33-37)23-6-2-4-14-31-23/h1-15,25,37H,16-17H2,(H,32,35)/b33-26-. The van der Waals surface area contributed by atoms with Crippen LogP contribution in [0.25, 0.3) is 0 Å². The number of rotatable bonds is 6. The second-order valence-corrected chi connectivity index (χ2v) is 8.95. The summed E-state index contributed by atoms with van der Waals surface area (Å²) in [5.74, 6) is -0.609. The van der Waals surface area contributed by atoms with E-state index in [1.807, 2.05) is 30.3 Å². The molecule has 2 N–H and O–H groups in total. The predicted molar refractivity (Wildman–Crippen MR) is 140 cm³/mol. The number of carbonyl (C=O) groups is 2. The van der Waals surface area contributed by atoms with Crippen LogP contribution in [-0.2, 0) is 17.8 Å². The van der Waals surface area contributed by atoms with Crippen molar-refractivity contribution < 1.29 is 14.8 Å². The van der Waals surface area contributed by atoms with Gasteiger partial charge in [0.2, 0.25) is 5.91 Å². The number of fused-ring (bicyclic) bond motifs is 1. The second-order valence-electron chi connectivity index (χ2n) is 8.51. The van der Waals surface area contributed by atoms with Crippen LogP contribution in [0.4, 0.5) is 5.69 Å². The minimum absolute atomic E-state index is 0.182. The number of nitrogens with one attached hydrogen (secondary N) is 1. The molecule has 9 heteroatoms. The molecule has 1 unspecified atom stereocenters. The molecule has 0 saturated heterocycles. The highest BCUT2D eigenvalue weighted by atomic mass is 35.5. The number of oxime groups is 1. The molecule has 37 heavy (non-hydrogen) atoms. The molecular weight excluding hydrogens is 490 g/mol. The molecule has 4 aromatic rings. The molecule has 1 atom stereocenters. The molecule has 8 nitrogen and oxygen atoms in total. The average Bonchev–Trinajstić information content (AvgIpc) is 3.01. The lowest BCUT2D eigenvalue weighted by molar-refractivity contribution is -0.120. The third-order valence-electron chi connectivity index (χ3n) is 6.13. The van der Waals surface area contributed by atoms with E-state index in [1.54, 1.807) is 65.8 Å². The zero-order valence-electron chi connectivity index (χ0n) is 19.6. The van der Waals surface area contributed by atoms with Gasteiger partial charge in [-0.2, -0.15) is 0 Å². The van der Waals surface area contributed by atoms with E-state index in [0.717, 1.165) is 5.56 Å². The third-order valence-corrected chi connectivity index (χ3v) is 6.36. The molecule has 2 amide bonds. The van der Waals surface area contributed by atoms with Gasteiger partial charge in [-0.25, -0.2) is 0 Å². The molecule has 5 rings (SSSR count). The van der Waals surface area contributed by atoms with Gasteiger partial charge in [-0.05, 0) is 48.0 Å².